The Morgan fingerprint density at radius 1 is 1.05 bits per heavy atom. The van der Waals surface area contributed by atoms with Crippen LogP contribution in [0.5, 0.6) is 0 Å². The highest BCUT2D eigenvalue weighted by atomic mass is 19.4. The van der Waals surface area contributed by atoms with Crippen LogP contribution in [0.2, 0.25) is 0 Å². The first-order valence-electron chi connectivity index (χ1n) is 13.2. The maximum absolute atomic E-state index is 13.9. The Morgan fingerprint density at radius 3 is 2.57 bits per heavy atom. The second kappa shape index (κ2) is 13.6. The molecule has 2 aromatic carbocycles. The van der Waals surface area contributed by atoms with Crippen LogP contribution in [-0.2, 0) is 10.9 Å². The van der Waals surface area contributed by atoms with Crippen LogP contribution in [0.25, 0.3) is 17.2 Å². The van der Waals surface area contributed by atoms with E-state index in [0.717, 1.165) is 19.0 Å². The molecule has 1 fully saturated rings. The van der Waals surface area contributed by atoms with Crippen molar-refractivity contribution in [1.29, 1.82) is 0 Å². The molecule has 0 aliphatic carbocycles. The Bertz CT molecular complexity index is 1530. The van der Waals surface area contributed by atoms with E-state index in [1.807, 2.05) is 13.0 Å². The minimum absolute atomic E-state index is 0.0407. The van der Waals surface area contributed by atoms with Gasteiger partial charge in [-0.1, -0.05) is 19.1 Å². The molecule has 2 aromatic heterocycles. The molecule has 4 aromatic rings. The number of ether oxygens (including phenoxy) is 1. The van der Waals surface area contributed by atoms with E-state index < -0.39 is 17.6 Å². The molecule has 1 aliphatic heterocycles. The number of terminal acetylenes is 1. The van der Waals surface area contributed by atoms with Crippen LogP contribution >= 0.6 is 0 Å². The third-order valence-electron chi connectivity index (χ3n) is 6.36. The number of morpholine rings is 1. The predicted molar refractivity (Wildman–Crippen MR) is 156 cm³/mol. The number of amides is 1. The second-order valence-electron chi connectivity index (χ2n) is 9.15. The van der Waals surface area contributed by atoms with Crippen molar-refractivity contribution in [3.8, 4) is 30.1 Å². The Morgan fingerprint density at radius 2 is 1.83 bits per heavy atom. The number of halogens is 3. The van der Waals surface area contributed by atoms with Crippen molar-refractivity contribution < 1.29 is 22.7 Å². The highest BCUT2D eigenvalue weighted by Gasteiger charge is 2.36. The number of nitrogens with one attached hydrogen (secondary N) is 2. The number of nitrogens with zero attached hydrogens (tertiary/aromatic N) is 5. The van der Waals surface area contributed by atoms with E-state index in [0.29, 0.717) is 55.1 Å². The number of imidazole rings is 1. The molecule has 0 saturated carbocycles. The number of benzene rings is 2. The van der Waals surface area contributed by atoms with Crippen molar-refractivity contribution in [2.45, 2.75) is 19.5 Å². The number of aromatic nitrogens is 4. The zero-order chi connectivity index (χ0) is 30.1. The SMILES string of the molecule is C#C.CCCNc1nccc(-n2ccnc2-c2cccc(NC(=O)c3ccc(N4CCOCC4)c(C(F)(F)F)c3)c2)n1. The van der Waals surface area contributed by atoms with E-state index in [-0.39, 0.29) is 11.3 Å². The number of rotatable bonds is 8. The zero-order valence-corrected chi connectivity index (χ0v) is 22.9. The van der Waals surface area contributed by atoms with E-state index in [2.05, 4.69) is 38.4 Å². The van der Waals surface area contributed by atoms with E-state index in [9.17, 15) is 18.0 Å². The molecule has 0 spiro atoms. The van der Waals surface area contributed by atoms with Gasteiger partial charge in [0.2, 0.25) is 5.95 Å². The topological polar surface area (TPSA) is 97.2 Å². The Hall–Kier alpha value is -4.89. The number of anilines is 3. The van der Waals surface area contributed by atoms with Crippen LogP contribution in [0, 0.1) is 12.8 Å². The van der Waals surface area contributed by atoms with Crippen molar-refractivity contribution in [3.63, 3.8) is 0 Å². The maximum atomic E-state index is 13.9. The summed E-state index contributed by atoms with van der Waals surface area (Å²) in [6.07, 6.45) is 9.36. The lowest BCUT2D eigenvalue weighted by Crippen LogP contribution is -2.37. The Labute approximate surface area is 241 Å². The van der Waals surface area contributed by atoms with Gasteiger partial charge in [0.25, 0.3) is 5.91 Å². The fourth-order valence-corrected chi connectivity index (χ4v) is 4.43. The summed E-state index contributed by atoms with van der Waals surface area (Å²) in [6, 6.07) is 12.3. The Kier molecular flexibility index (Phi) is 9.77. The van der Waals surface area contributed by atoms with Crippen molar-refractivity contribution in [2.24, 2.45) is 0 Å². The van der Waals surface area contributed by atoms with Crippen molar-refractivity contribution in [3.05, 3.63) is 78.2 Å². The van der Waals surface area contributed by atoms with E-state index in [1.165, 1.54) is 12.1 Å². The summed E-state index contributed by atoms with van der Waals surface area (Å²) in [5, 5.41) is 5.87. The molecule has 0 radical (unpaired) electrons. The first-order chi connectivity index (χ1) is 20.3. The second-order valence-corrected chi connectivity index (χ2v) is 9.15. The quantitative estimate of drug-likeness (QED) is 0.267. The molecule has 1 aliphatic rings. The summed E-state index contributed by atoms with van der Waals surface area (Å²) in [4.78, 5) is 27.9. The van der Waals surface area contributed by atoms with Crippen LogP contribution in [0.15, 0.2) is 67.1 Å². The predicted octanol–water partition coefficient (Wildman–Crippen LogP) is 5.51. The summed E-state index contributed by atoms with van der Waals surface area (Å²) in [5.74, 6) is 1.03. The lowest BCUT2D eigenvalue weighted by molar-refractivity contribution is -0.137. The van der Waals surface area contributed by atoms with Crippen molar-refractivity contribution >= 4 is 23.2 Å². The summed E-state index contributed by atoms with van der Waals surface area (Å²) in [6.45, 7) is 4.19. The van der Waals surface area contributed by atoms with Gasteiger partial charge in [0.05, 0.1) is 18.8 Å². The average molecular weight is 578 g/mol. The molecule has 12 heteroatoms. The lowest BCUT2D eigenvalue weighted by Gasteiger charge is -2.31. The smallest absolute Gasteiger partial charge is 0.378 e. The summed E-state index contributed by atoms with van der Waals surface area (Å²) in [5.41, 5.74) is 0.192. The number of alkyl halides is 3. The average Bonchev–Trinajstić information content (AvgIpc) is 3.51. The van der Waals surface area contributed by atoms with Crippen molar-refractivity contribution in [2.75, 3.05) is 48.4 Å². The molecule has 218 valence electrons. The molecule has 0 atom stereocenters. The van der Waals surface area contributed by atoms with Gasteiger partial charge >= 0.3 is 6.18 Å². The van der Waals surface area contributed by atoms with Crippen molar-refractivity contribution in [1.82, 2.24) is 19.5 Å². The zero-order valence-electron chi connectivity index (χ0n) is 22.9. The summed E-state index contributed by atoms with van der Waals surface area (Å²) in [7, 11) is 0. The number of hydrogen-bond acceptors (Lipinski definition) is 7. The van der Waals surface area contributed by atoms with Gasteiger partial charge < -0.3 is 20.3 Å². The number of carbonyl (C=O) groups is 1. The van der Waals surface area contributed by atoms with Gasteiger partial charge in [0.15, 0.2) is 0 Å². The Balaban J connectivity index is 0.00000198. The lowest BCUT2D eigenvalue weighted by atomic mass is 10.1. The first-order valence-corrected chi connectivity index (χ1v) is 13.2. The molecule has 2 N–H and O–H groups in total. The van der Waals surface area contributed by atoms with E-state index in [1.54, 1.807) is 52.3 Å². The maximum Gasteiger partial charge on any atom is 0.418 e. The third kappa shape index (κ3) is 7.05. The number of hydrogen-bond donors (Lipinski definition) is 2. The van der Waals surface area contributed by atoms with E-state index >= 15 is 0 Å². The van der Waals surface area contributed by atoms with Gasteiger partial charge in [-0.2, -0.15) is 18.2 Å². The molecule has 42 heavy (non-hydrogen) atoms. The number of carbonyl (C=O) groups excluding carboxylic acids is 1. The molecule has 1 amide bonds. The van der Waals surface area contributed by atoms with E-state index in [4.69, 9.17) is 4.74 Å². The highest BCUT2D eigenvalue weighted by molar-refractivity contribution is 6.05. The van der Waals surface area contributed by atoms with Crippen LogP contribution in [-0.4, -0.2) is 58.3 Å². The van der Waals surface area contributed by atoms with Gasteiger partial charge in [-0.3, -0.25) is 9.36 Å². The summed E-state index contributed by atoms with van der Waals surface area (Å²) < 4.78 is 48.9. The van der Waals surface area contributed by atoms with Crippen LogP contribution < -0.4 is 15.5 Å². The first kappa shape index (κ1) is 30.1. The van der Waals surface area contributed by atoms with Crippen LogP contribution in [0.3, 0.4) is 0 Å². The van der Waals surface area contributed by atoms with Gasteiger partial charge in [0.1, 0.15) is 11.6 Å². The van der Waals surface area contributed by atoms with Gasteiger partial charge in [0, 0.05) is 60.7 Å². The molecule has 0 bridgehead atoms. The minimum Gasteiger partial charge on any atom is -0.378 e. The molecule has 1 saturated heterocycles. The summed E-state index contributed by atoms with van der Waals surface area (Å²) >= 11 is 0. The normalized spacial score (nSPS) is 13.1. The third-order valence-corrected chi connectivity index (χ3v) is 6.36. The fraction of sp³-hybridized carbons (Fsp3) is 0.267. The molecular formula is C30H30F3N7O2. The van der Waals surface area contributed by atoms with Crippen LogP contribution in [0.1, 0.15) is 29.3 Å². The van der Waals surface area contributed by atoms with Gasteiger partial charge in [-0.05, 0) is 42.8 Å². The standard InChI is InChI=1S/C28H28F3N7O2.C2H2/c1-2-9-33-27-34-10-8-24(36-27)38-12-11-32-25(38)19-4-3-5-21(17-19)35-26(39)20-6-7-23(22(18-20)28(29,30)31)37-13-15-40-16-14-37;1-2/h3-8,10-12,17-18H,2,9,13-16H2,1H3,(H,35,39)(H,33,34,36);1-2H. The molecule has 9 nitrogen and oxygen atoms in total. The molecular weight excluding hydrogens is 547 g/mol. The van der Waals surface area contributed by atoms with Gasteiger partial charge in [-0.25, -0.2) is 9.97 Å². The monoisotopic (exact) mass is 577 g/mol. The molecule has 5 rings (SSSR count). The molecule has 0 unspecified atom stereocenters. The minimum atomic E-state index is -4.62. The highest BCUT2D eigenvalue weighted by Crippen LogP contribution is 2.38. The fourth-order valence-electron chi connectivity index (χ4n) is 4.43. The van der Waals surface area contributed by atoms with Crippen LogP contribution in [0.4, 0.5) is 30.5 Å². The van der Waals surface area contributed by atoms with Gasteiger partial charge in [-0.15, -0.1) is 12.8 Å². The molecule has 3 heterocycles. The largest absolute Gasteiger partial charge is 0.418 e.